The molecule has 31 heavy (non-hydrogen) atoms. The summed E-state index contributed by atoms with van der Waals surface area (Å²) >= 11 is 1.59. The Kier molecular flexibility index (Phi) is 5.99. The van der Waals surface area contributed by atoms with Gasteiger partial charge in [0.05, 0.1) is 0 Å². The molecule has 0 bridgehead atoms. The van der Waals surface area contributed by atoms with Crippen LogP contribution in [0.2, 0.25) is 0 Å². The minimum absolute atomic E-state index is 0.114. The summed E-state index contributed by atoms with van der Waals surface area (Å²) in [6.45, 7) is 1.86. The summed E-state index contributed by atoms with van der Waals surface area (Å²) in [5.74, 6) is 0.211. The van der Waals surface area contributed by atoms with Crippen molar-refractivity contribution in [2.45, 2.75) is 18.4 Å². The van der Waals surface area contributed by atoms with Crippen LogP contribution in [0.5, 0.6) is 0 Å². The third-order valence-electron chi connectivity index (χ3n) is 4.65. The first-order chi connectivity index (χ1) is 15.0. The van der Waals surface area contributed by atoms with E-state index in [1.165, 1.54) is 4.57 Å². The summed E-state index contributed by atoms with van der Waals surface area (Å²) in [4.78, 5) is 30.8. The highest BCUT2D eigenvalue weighted by Crippen LogP contribution is 2.21. The van der Waals surface area contributed by atoms with E-state index in [9.17, 15) is 9.59 Å². The number of rotatable bonds is 6. The molecule has 0 aliphatic heterocycles. The topological polar surface area (TPSA) is 90.0 Å². The highest BCUT2D eigenvalue weighted by molar-refractivity contribution is 7.98. The minimum atomic E-state index is -0.380. The fourth-order valence-electron chi connectivity index (χ4n) is 3.03. The van der Waals surface area contributed by atoms with Crippen LogP contribution in [0.15, 0.2) is 81.1 Å². The molecule has 0 saturated carbocycles. The summed E-state index contributed by atoms with van der Waals surface area (Å²) in [5, 5.41) is 6.80. The molecule has 4 rings (SSSR count). The lowest BCUT2D eigenvalue weighted by molar-refractivity contribution is -0.116. The Bertz CT molecular complexity index is 1280. The van der Waals surface area contributed by atoms with Gasteiger partial charge in [0, 0.05) is 22.3 Å². The van der Waals surface area contributed by atoms with Gasteiger partial charge in [0.25, 0.3) is 11.4 Å². The molecule has 8 heteroatoms. The predicted octanol–water partition coefficient (Wildman–Crippen LogP) is 4.23. The Hall–Kier alpha value is -3.65. The molecule has 0 spiro atoms. The molecule has 7 nitrogen and oxygen atoms in total. The quantitative estimate of drug-likeness (QED) is 0.459. The van der Waals surface area contributed by atoms with Crippen LogP contribution in [0.1, 0.15) is 5.56 Å². The van der Waals surface area contributed by atoms with E-state index in [2.05, 4.69) is 15.5 Å². The van der Waals surface area contributed by atoms with E-state index in [1.807, 2.05) is 61.7 Å². The van der Waals surface area contributed by atoms with Crippen molar-refractivity contribution in [1.29, 1.82) is 0 Å². The van der Waals surface area contributed by atoms with Crippen LogP contribution in [-0.4, -0.2) is 26.9 Å². The Balaban J connectivity index is 1.54. The zero-order valence-electron chi connectivity index (χ0n) is 17.0. The minimum Gasteiger partial charge on any atom is -0.333 e. The molecule has 1 amide bonds. The van der Waals surface area contributed by atoms with Gasteiger partial charge in [-0.1, -0.05) is 41.1 Å². The summed E-state index contributed by atoms with van der Waals surface area (Å²) in [5.41, 5.74) is 2.46. The monoisotopic (exact) mass is 432 g/mol. The molecule has 2 aromatic heterocycles. The van der Waals surface area contributed by atoms with E-state index in [4.69, 9.17) is 4.52 Å². The zero-order valence-corrected chi connectivity index (χ0v) is 17.8. The normalized spacial score (nSPS) is 10.8. The number of aromatic nitrogens is 3. The summed E-state index contributed by atoms with van der Waals surface area (Å²) < 4.78 is 6.64. The second-order valence-corrected chi connectivity index (χ2v) is 7.80. The molecule has 2 aromatic carbocycles. The van der Waals surface area contributed by atoms with Crippen molar-refractivity contribution in [2.24, 2.45) is 0 Å². The molecule has 0 radical (unpaired) electrons. The smallest absolute Gasteiger partial charge is 0.263 e. The lowest BCUT2D eigenvalue weighted by Crippen LogP contribution is -2.28. The Morgan fingerprint density at radius 3 is 2.71 bits per heavy atom. The summed E-state index contributed by atoms with van der Waals surface area (Å²) in [6, 6.07) is 18.5. The van der Waals surface area contributed by atoms with Crippen molar-refractivity contribution in [3.05, 3.63) is 82.8 Å². The van der Waals surface area contributed by atoms with E-state index in [1.54, 1.807) is 30.1 Å². The van der Waals surface area contributed by atoms with E-state index in [0.29, 0.717) is 11.5 Å². The summed E-state index contributed by atoms with van der Waals surface area (Å²) in [6.07, 6.45) is 3.52. The van der Waals surface area contributed by atoms with Gasteiger partial charge in [-0.3, -0.25) is 9.59 Å². The van der Waals surface area contributed by atoms with Gasteiger partial charge < -0.3 is 14.4 Å². The van der Waals surface area contributed by atoms with E-state index in [0.717, 1.165) is 16.0 Å². The largest absolute Gasteiger partial charge is 0.333 e. The maximum Gasteiger partial charge on any atom is 0.263 e. The summed E-state index contributed by atoms with van der Waals surface area (Å²) in [7, 11) is 0. The van der Waals surface area contributed by atoms with Gasteiger partial charge in [0.1, 0.15) is 12.1 Å². The van der Waals surface area contributed by atoms with Gasteiger partial charge in [-0.05, 0) is 43.5 Å². The number of nitrogens with one attached hydrogen (secondary N) is 1. The van der Waals surface area contributed by atoms with Crippen LogP contribution in [-0.2, 0) is 11.3 Å². The van der Waals surface area contributed by atoms with Crippen LogP contribution in [0.25, 0.3) is 22.8 Å². The number of carbonyl (C=O) groups is 1. The van der Waals surface area contributed by atoms with E-state index >= 15 is 0 Å². The standard InChI is InChI=1S/C23H20N4O3S/c1-15-8-10-16(11-9-15)21-25-22(30-26-21)19-7-4-12-27(23(19)29)14-20(28)24-17-5-3-6-18(13-17)31-2/h3-13H,14H2,1-2H3,(H,24,28). The average Bonchev–Trinajstić information content (AvgIpc) is 3.26. The van der Waals surface area contributed by atoms with Gasteiger partial charge in [0.2, 0.25) is 11.7 Å². The first-order valence-corrected chi connectivity index (χ1v) is 10.8. The molecule has 0 aliphatic rings. The fourth-order valence-corrected chi connectivity index (χ4v) is 3.49. The molecule has 1 N–H and O–H groups in total. The first-order valence-electron chi connectivity index (χ1n) is 9.58. The van der Waals surface area contributed by atoms with Crippen LogP contribution < -0.4 is 10.9 Å². The third-order valence-corrected chi connectivity index (χ3v) is 5.38. The van der Waals surface area contributed by atoms with Gasteiger partial charge in [-0.25, -0.2) is 0 Å². The van der Waals surface area contributed by atoms with Crippen molar-refractivity contribution < 1.29 is 9.32 Å². The number of carbonyl (C=O) groups excluding carboxylic acids is 1. The number of nitrogens with zero attached hydrogens (tertiary/aromatic N) is 3. The van der Waals surface area contributed by atoms with Crippen molar-refractivity contribution in [2.75, 3.05) is 11.6 Å². The highest BCUT2D eigenvalue weighted by Gasteiger charge is 2.16. The molecule has 0 aliphatic carbocycles. The van der Waals surface area contributed by atoms with Gasteiger partial charge in [-0.2, -0.15) is 4.98 Å². The van der Waals surface area contributed by atoms with Crippen molar-refractivity contribution in [3.8, 4) is 22.8 Å². The van der Waals surface area contributed by atoms with Crippen LogP contribution in [0, 0.1) is 6.92 Å². The van der Waals surface area contributed by atoms with Crippen LogP contribution in [0.3, 0.4) is 0 Å². The van der Waals surface area contributed by atoms with Crippen molar-refractivity contribution in [3.63, 3.8) is 0 Å². The SMILES string of the molecule is CSc1cccc(NC(=O)Cn2cccc(-c3nc(-c4ccc(C)cc4)no3)c2=O)c1. The molecular formula is C23H20N4O3S. The molecule has 0 atom stereocenters. The average molecular weight is 433 g/mol. The number of aryl methyl sites for hydroxylation is 1. The lowest BCUT2D eigenvalue weighted by Gasteiger charge is -2.09. The maximum atomic E-state index is 12.9. The second-order valence-electron chi connectivity index (χ2n) is 6.92. The second kappa shape index (κ2) is 9.01. The number of amides is 1. The Morgan fingerprint density at radius 2 is 1.94 bits per heavy atom. The van der Waals surface area contributed by atoms with Crippen LogP contribution >= 0.6 is 11.8 Å². The van der Waals surface area contributed by atoms with Gasteiger partial charge >= 0.3 is 0 Å². The molecular weight excluding hydrogens is 412 g/mol. The molecule has 0 unspecified atom stereocenters. The van der Waals surface area contributed by atoms with Gasteiger partial charge in [-0.15, -0.1) is 11.8 Å². The highest BCUT2D eigenvalue weighted by atomic mass is 32.2. The molecule has 156 valence electrons. The Labute approximate surface area is 183 Å². The maximum absolute atomic E-state index is 12.9. The number of benzene rings is 2. The number of anilines is 1. The molecule has 0 fully saturated rings. The van der Waals surface area contributed by atoms with Gasteiger partial charge in [0.15, 0.2) is 0 Å². The number of thioether (sulfide) groups is 1. The molecule has 0 saturated heterocycles. The van der Waals surface area contributed by atoms with E-state index in [-0.39, 0.29) is 29.5 Å². The predicted molar refractivity (Wildman–Crippen MR) is 121 cm³/mol. The first kappa shape index (κ1) is 20.6. The fraction of sp³-hybridized carbons (Fsp3) is 0.130. The number of pyridine rings is 1. The van der Waals surface area contributed by atoms with E-state index < -0.39 is 0 Å². The molecule has 2 heterocycles. The Morgan fingerprint density at radius 1 is 1.13 bits per heavy atom. The third kappa shape index (κ3) is 4.75. The zero-order chi connectivity index (χ0) is 21.8. The number of hydrogen-bond donors (Lipinski definition) is 1. The molecule has 4 aromatic rings. The number of hydrogen-bond acceptors (Lipinski definition) is 6. The lowest BCUT2D eigenvalue weighted by atomic mass is 10.1. The van der Waals surface area contributed by atoms with Crippen LogP contribution in [0.4, 0.5) is 5.69 Å². The van der Waals surface area contributed by atoms with Crippen molar-refractivity contribution >= 4 is 23.4 Å². The van der Waals surface area contributed by atoms with Crippen molar-refractivity contribution in [1.82, 2.24) is 14.7 Å².